The smallest absolute Gasteiger partial charge is 0.257 e. The third-order valence-corrected chi connectivity index (χ3v) is 4.15. The van der Waals surface area contributed by atoms with Crippen LogP contribution in [0.2, 0.25) is 0 Å². The normalized spacial score (nSPS) is 10.6. The second-order valence-corrected chi connectivity index (χ2v) is 6.22. The minimum Gasteiger partial charge on any atom is -0.484 e. The van der Waals surface area contributed by atoms with Crippen molar-refractivity contribution in [2.45, 2.75) is 19.8 Å². The van der Waals surface area contributed by atoms with E-state index in [1.807, 2.05) is 48.1 Å². The van der Waals surface area contributed by atoms with E-state index in [4.69, 9.17) is 4.74 Å². The zero-order valence-electron chi connectivity index (χ0n) is 15.2. The van der Waals surface area contributed by atoms with Gasteiger partial charge in [-0.05, 0) is 61.7 Å². The number of carbonyl (C=O) groups is 1. The molecule has 3 rings (SSSR count). The highest BCUT2D eigenvalue weighted by Gasteiger charge is 2.07. The topological polar surface area (TPSA) is 56.2 Å². The van der Waals surface area contributed by atoms with Gasteiger partial charge >= 0.3 is 0 Å². The molecule has 0 bridgehead atoms. The Balaban J connectivity index is 1.40. The molecular weight excluding hydrogens is 345 g/mol. The highest BCUT2D eigenvalue weighted by Crippen LogP contribution is 2.13. The van der Waals surface area contributed by atoms with Crippen LogP contribution >= 0.6 is 0 Å². The molecule has 3 aromatic rings. The lowest BCUT2D eigenvalue weighted by atomic mass is 10.1. The van der Waals surface area contributed by atoms with E-state index < -0.39 is 0 Å². The van der Waals surface area contributed by atoms with Gasteiger partial charge in [-0.2, -0.15) is 5.10 Å². The molecule has 5 nitrogen and oxygen atoms in total. The number of halogens is 1. The van der Waals surface area contributed by atoms with Crippen molar-refractivity contribution in [3.8, 4) is 11.4 Å². The minimum absolute atomic E-state index is 0.0867. The van der Waals surface area contributed by atoms with Crippen molar-refractivity contribution in [1.82, 2.24) is 15.1 Å². The van der Waals surface area contributed by atoms with Crippen LogP contribution in [-0.2, 0) is 11.2 Å². The first-order valence-corrected chi connectivity index (χ1v) is 8.87. The highest BCUT2D eigenvalue weighted by atomic mass is 19.1. The average molecular weight is 367 g/mol. The number of rotatable bonds is 8. The van der Waals surface area contributed by atoms with E-state index in [0.29, 0.717) is 12.3 Å². The number of aryl methyl sites for hydroxylation is 2. The molecule has 0 fully saturated rings. The molecule has 140 valence electrons. The Morgan fingerprint density at radius 3 is 2.63 bits per heavy atom. The molecule has 1 amide bonds. The zero-order chi connectivity index (χ0) is 19.1. The summed E-state index contributed by atoms with van der Waals surface area (Å²) in [5.74, 6) is -0.0655. The zero-order valence-corrected chi connectivity index (χ0v) is 15.2. The summed E-state index contributed by atoms with van der Waals surface area (Å²) in [4.78, 5) is 11.8. The van der Waals surface area contributed by atoms with Crippen molar-refractivity contribution < 1.29 is 13.9 Å². The summed E-state index contributed by atoms with van der Waals surface area (Å²) >= 11 is 0. The molecule has 0 saturated heterocycles. The van der Waals surface area contributed by atoms with E-state index in [1.165, 1.54) is 24.3 Å². The molecule has 1 N–H and O–H groups in total. The number of benzene rings is 2. The van der Waals surface area contributed by atoms with E-state index in [0.717, 1.165) is 29.8 Å². The molecule has 27 heavy (non-hydrogen) atoms. The van der Waals surface area contributed by atoms with Crippen LogP contribution in [-0.4, -0.2) is 28.8 Å². The Kier molecular flexibility index (Phi) is 6.20. The van der Waals surface area contributed by atoms with Crippen LogP contribution < -0.4 is 10.1 Å². The first-order chi connectivity index (χ1) is 13.1. The van der Waals surface area contributed by atoms with E-state index >= 15 is 0 Å². The first-order valence-electron chi connectivity index (χ1n) is 8.87. The van der Waals surface area contributed by atoms with Crippen molar-refractivity contribution in [3.05, 3.63) is 77.9 Å². The van der Waals surface area contributed by atoms with Crippen LogP contribution in [0.25, 0.3) is 5.69 Å². The van der Waals surface area contributed by atoms with Gasteiger partial charge in [0.2, 0.25) is 0 Å². The van der Waals surface area contributed by atoms with Gasteiger partial charge < -0.3 is 10.1 Å². The number of hydrogen-bond donors (Lipinski definition) is 1. The van der Waals surface area contributed by atoms with Gasteiger partial charge in [0.1, 0.15) is 11.6 Å². The molecule has 1 heterocycles. The number of amides is 1. The molecule has 0 saturated carbocycles. The maximum Gasteiger partial charge on any atom is 0.257 e. The number of hydrogen-bond acceptors (Lipinski definition) is 3. The number of para-hydroxylation sites is 1. The quantitative estimate of drug-likeness (QED) is 0.621. The number of carbonyl (C=O) groups excluding carboxylic acids is 1. The Labute approximate surface area is 157 Å². The molecule has 0 aliphatic carbocycles. The van der Waals surface area contributed by atoms with Gasteiger partial charge in [0, 0.05) is 12.7 Å². The SMILES string of the molecule is Cc1nn(-c2ccccc2)cc1CCCNC(=O)COc1ccc(F)cc1. The third-order valence-electron chi connectivity index (χ3n) is 4.15. The summed E-state index contributed by atoms with van der Waals surface area (Å²) in [5.41, 5.74) is 3.18. The number of aromatic nitrogens is 2. The summed E-state index contributed by atoms with van der Waals surface area (Å²) in [6.07, 6.45) is 3.67. The fraction of sp³-hybridized carbons (Fsp3) is 0.238. The van der Waals surface area contributed by atoms with E-state index in [1.54, 1.807) is 0 Å². The van der Waals surface area contributed by atoms with Crippen LogP contribution in [0.15, 0.2) is 60.8 Å². The second-order valence-electron chi connectivity index (χ2n) is 6.22. The molecule has 0 spiro atoms. The van der Waals surface area contributed by atoms with E-state index in [-0.39, 0.29) is 18.3 Å². The van der Waals surface area contributed by atoms with Gasteiger partial charge in [0.05, 0.1) is 11.4 Å². The molecule has 6 heteroatoms. The van der Waals surface area contributed by atoms with Gasteiger partial charge in [-0.15, -0.1) is 0 Å². The van der Waals surface area contributed by atoms with Crippen molar-refractivity contribution in [3.63, 3.8) is 0 Å². The standard InChI is InChI=1S/C21H22FN3O2/c1-16-17(14-25(24-16)19-7-3-2-4-8-19)6-5-13-23-21(26)15-27-20-11-9-18(22)10-12-20/h2-4,7-12,14H,5-6,13,15H2,1H3,(H,23,26). The molecule has 0 atom stereocenters. The number of ether oxygens (including phenoxy) is 1. The van der Waals surface area contributed by atoms with E-state index in [9.17, 15) is 9.18 Å². The van der Waals surface area contributed by atoms with Gasteiger partial charge in [-0.25, -0.2) is 9.07 Å². The summed E-state index contributed by atoms with van der Waals surface area (Å²) < 4.78 is 20.0. The lowest BCUT2D eigenvalue weighted by Gasteiger charge is -2.07. The van der Waals surface area contributed by atoms with Crippen LogP contribution in [0.3, 0.4) is 0 Å². The fourth-order valence-electron chi connectivity index (χ4n) is 2.69. The molecule has 2 aromatic carbocycles. The lowest BCUT2D eigenvalue weighted by molar-refractivity contribution is -0.123. The maximum absolute atomic E-state index is 12.8. The fourth-order valence-corrected chi connectivity index (χ4v) is 2.69. The van der Waals surface area contributed by atoms with Crippen molar-refractivity contribution >= 4 is 5.91 Å². The monoisotopic (exact) mass is 367 g/mol. The first kappa shape index (κ1) is 18.6. The van der Waals surface area contributed by atoms with Gasteiger partial charge in [0.15, 0.2) is 6.61 Å². The third kappa shape index (κ3) is 5.41. The maximum atomic E-state index is 12.8. The molecule has 0 aliphatic rings. The number of nitrogens with one attached hydrogen (secondary N) is 1. The van der Waals surface area contributed by atoms with Crippen LogP contribution in [0.1, 0.15) is 17.7 Å². The minimum atomic E-state index is -0.335. The summed E-state index contributed by atoms with van der Waals surface area (Å²) in [6, 6.07) is 15.5. The van der Waals surface area contributed by atoms with Gasteiger partial charge in [0.25, 0.3) is 5.91 Å². The average Bonchev–Trinajstić information content (AvgIpc) is 3.06. The Bertz CT molecular complexity index is 876. The second kappa shape index (κ2) is 8.98. The van der Waals surface area contributed by atoms with Crippen molar-refractivity contribution in [1.29, 1.82) is 0 Å². The summed E-state index contributed by atoms with van der Waals surface area (Å²) in [7, 11) is 0. The Hall–Kier alpha value is -3.15. The van der Waals surface area contributed by atoms with Crippen molar-refractivity contribution in [2.75, 3.05) is 13.2 Å². The molecule has 0 unspecified atom stereocenters. The Morgan fingerprint density at radius 2 is 1.89 bits per heavy atom. The molecular formula is C21H22FN3O2. The van der Waals surface area contributed by atoms with Crippen LogP contribution in [0, 0.1) is 12.7 Å². The van der Waals surface area contributed by atoms with E-state index in [2.05, 4.69) is 10.4 Å². The van der Waals surface area contributed by atoms with Crippen LogP contribution in [0.5, 0.6) is 5.75 Å². The molecule has 0 radical (unpaired) electrons. The summed E-state index contributed by atoms with van der Waals surface area (Å²) in [5, 5.41) is 7.37. The largest absolute Gasteiger partial charge is 0.484 e. The predicted molar refractivity (Wildman–Crippen MR) is 102 cm³/mol. The summed E-state index contributed by atoms with van der Waals surface area (Å²) in [6.45, 7) is 2.46. The molecule has 0 aliphatic heterocycles. The van der Waals surface area contributed by atoms with Crippen molar-refractivity contribution in [2.24, 2.45) is 0 Å². The Morgan fingerprint density at radius 1 is 1.15 bits per heavy atom. The number of nitrogens with zero attached hydrogens (tertiary/aromatic N) is 2. The van der Waals surface area contributed by atoms with Gasteiger partial charge in [-0.3, -0.25) is 4.79 Å². The molecule has 1 aromatic heterocycles. The lowest BCUT2D eigenvalue weighted by Crippen LogP contribution is -2.29. The predicted octanol–water partition coefficient (Wildman–Crippen LogP) is 3.45. The highest BCUT2D eigenvalue weighted by molar-refractivity contribution is 5.77. The van der Waals surface area contributed by atoms with Crippen LogP contribution in [0.4, 0.5) is 4.39 Å². The van der Waals surface area contributed by atoms with Gasteiger partial charge in [-0.1, -0.05) is 18.2 Å².